The van der Waals surface area contributed by atoms with Gasteiger partial charge in [-0.1, -0.05) is 60.3 Å². The molecule has 0 N–H and O–H groups in total. The molecule has 0 aliphatic heterocycles. The molecule has 0 saturated carbocycles. The lowest BCUT2D eigenvalue weighted by Crippen LogP contribution is -1.91. The molecule has 3 aromatic carbocycles. The van der Waals surface area contributed by atoms with Crippen LogP contribution in [0.25, 0.3) is 22.6 Å². The van der Waals surface area contributed by atoms with E-state index in [1.54, 1.807) is 26.0 Å². The average Bonchev–Trinajstić information content (AvgIpc) is 3.37. The standard InChI is InChI=1S/C23H18N2O3S/c1-26-19-12-11-14(13-20(19)27-2)22-24-25-23(28-22)29-21-17-9-5-3-7-15(17)16-8-4-6-10-18(16)21/h3-13,21H,1-2H3. The van der Waals surface area contributed by atoms with Crippen LogP contribution in [0.5, 0.6) is 11.5 Å². The minimum absolute atomic E-state index is 0.126. The molecule has 0 radical (unpaired) electrons. The first-order valence-electron chi connectivity index (χ1n) is 9.19. The molecule has 29 heavy (non-hydrogen) atoms. The Bertz CT molecular complexity index is 1140. The molecule has 0 atom stereocenters. The number of fused-ring (bicyclic) bond motifs is 3. The molecule has 0 spiro atoms. The largest absolute Gasteiger partial charge is 0.493 e. The van der Waals surface area contributed by atoms with Gasteiger partial charge in [-0.2, -0.15) is 0 Å². The number of nitrogens with zero attached hydrogens (tertiary/aromatic N) is 2. The first kappa shape index (κ1) is 17.8. The van der Waals surface area contributed by atoms with Crippen molar-refractivity contribution < 1.29 is 13.9 Å². The summed E-state index contributed by atoms with van der Waals surface area (Å²) in [5, 5.41) is 9.17. The van der Waals surface area contributed by atoms with Crippen molar-refractivity contribution in [3.63, 3.8) is 0 Å². The van der Waals surface area contributed by atoms with Gasteiger partial charge in [-0.15, -0.1) is 10.2 Å². The summed E-state index contributed by atoms with van der Waals surface area (Å²) in [4.78, 5) is 0. The van der Waals surface area contributed by atoms with E-state index in [4.69, 9.17) is 13.9 Å². The Hall–Kier alpha value is -3.25. The van der Waals surface area contributed by atoms with Crippen LogP contribution in [0, 0.1) is 0 Å². The van der Waals surface area contributed by atoms with E-state index >= 15 is 0 Å². The number of benzene rings is 3. The van der Waals surface area contributed by atoms with Gasteiger partial charge >= 0.3 is 0 Å². The molecular formula is C23H18N2O3S. The highest BCUT2D eigenvalue weighted by atomic mass is 32.2. The van der Waals surface area contributed by atoms with Gasteiger partial charge in [-0.25, -0.2) is 0 Å². The Balaban J connectivity index is 1.47. The fraction of sp³-hybridized carbons (Fsp3) is 0.130. The molecule has 0 unspecified atom stereocenters. The highest BCUT2D eigenvalue weighted by molar-refractivity contribution is 7.99. The maximum absolute atomic E-state index is 5.98. The summed E-state index contributed by atoms with van der Waals surface area (Å²) in [6.45, 7) is 0. The molecule has 0 bridgehead atoms. The molecule has 5 nitrogen and oxygen atoms in total. The first-order chi connectivity index (χ1) is 14.3. The number of rotatable bonds is 5. The van der Waals surface area contributed by atoms with Gasteiger partial charge in [-0.3, -0.25) is 0 Å². The van der Waals surface area contributed by atoms with E-state index in [0.29, 0.717) is 22.6 Å². The highest BCUT2D eigenvalue weighted by Gasteiger charge is 2.30. The van der Waals surface area contributed by atoms with Crippen LogP contribution < -0.4 is 9.47 Å². The Morgan fingerprint density at radius 1 is 0.793 bits per heavy atom. The number of thioether (sulfide) groups is 1. The zero-order chi connectivity index (χ0) is 19.8. The van der Waals surface area contributed by atoms with E-state index in [-0.39, 0.29) is 5.25 Å². The van der Waals surface area contributed by atoms with E-state index in [0.717, 1.165) is 5.56 Å². The SMILES string of the molecule is COc1ccc(-c2nnc(SC3c4ccccc4-c4ccccc43)o2)cc1OC. The van der Waals surface area contributed by atoms with Crippen LogP contribution in [-0.4, -0.2) is 24.4 Å². The van der Waals surface area contributed by atoms with E-state index in [2.05, 4.69) is 58.7 Å². The second-order valence-electron chi connectivity index (χ2n) is 6.62. The lowest BCUT2D eigenvalue weighted by Gasteiger charge is -2.10. The van der Waals surface area contributed by atoms with Crippen molar-refractivity contribution in [2.45, 2.75) is 10.5 Å². The summed E-state index contributed by atoms with van der Waals surface area (Å²) >= 11 is 1.57. The summed E-state index contributed by atoms with van der Waals surface area (Å²) in [6, 6.07) is 22.5. The zero-order valence-corrected chi connectivity index (χ0v) is 16.8. The number of hydrogen-bond donors (Lipinski definition) is 0. The van der Waals surface area contributed by atoms with Gasteiger partial charge in [-0.05, 0) is 40.5 Å². The fourth-order valence-corrected chi connectivity index (χ4v) is 4.76. The normalized spacial score (nSPS) is 12.5. The smallest absolute Gasteiger partial charge is 0.277 e. The summed E-state index contributed by atoms with van der Waals surface area (Å²) in [5.41, 5.74) is 5.85. The second-order valence-corrected chi connectivity index (χ2v) is 7.67. The molecule has 144 valence electrons. The van der Waals surface area contributed by atoms with E-state index in [1.807, 2.05) is 18.2 Å². The molecule has 1 aliphatic rings. The van der Waals surface area contributed by atoms with Gasteiger partial charge in [0.15, 0.2) is 11.5 Å². The first-order valence-corrected chi connectivity index (χ1v) is 10.1. The minimum atomic E-state index is 0.126. The number of methoxy groups -OCH3 is 2. The summed E-state index contributed by atoms with van der Waals surface area (Å²) < 4.78 is 16.6. The Morgan fingerprint density at radius 3 is 2.10 bits per heavy atom. The zero-order valence-electron chi connectivity index (χ0n) is 16.0. The highest BCUT2D eigenvalue weighted by Crippen LogP contribution is 2.52. The van der Waals surface area contributed by atoms with Crippen LogP contribution in [0.1, 0.15) is 16.4 Å². The van der Waals surface area contributed by atoms with Crippen LogP contribution in [0.4, 0.5) is 0 Å². The summed E-state index contributed by atoms with van der Waals surface area (Å²) in [7, 11) is 3.21. The summed E-state index contributed by atoms with van der Waals surface area (Å²) in [5.74, 6) is 1.73. The van der Waals surface area contributed by atoms with E-state index in [9.17, 15) is 0 Å². The van der Waals surface area contributed by atoms with Crippen LogP contribution in [0.15, 0.2) is 76.4 Å². The van der Waals surface area contributed by atoms with Crippen LogP contribution in [0.3, 0.4) is 0 Å². The van der Waals surface area contributed by atoms with Crippen LogP contribution >= 0.6 is 11.8 Å². The van der Waals surface area contributed by atoms with Gasteiger partial charge in [0, 0.05) is 5.56 Å². The molecule has 1 aromatic heterocycles. The second kappa shape index (κ2) is 7.29. The maximum Gasteiger partial charge on any atom is 0.277 e. The molecule has 0 amide bonds. The number of ether oxygens (including phenoxy) is 2. The Kier molecular flexibility index (Phi) is 4.48. The van der Waals surface area contributed by atoms with E-state index < -0.39 is 0 Å². The number of hydrogen-bond acceptors (Lipinski definition) is 6. The molecule has 1 aliphatic carbocycles. The van der Waals surface area contributed by atoms with Gasteiger partial charge in [0.2, 0.25) is 5.89 Å². The molecule has 1 heterocycles. The predicted molar refractivity (Wildman–Crippen MR) is 112 cm³/mol. The molecule has 6 heteroatoms. The Labute approximate surface area is 172 Å². The molecular weight excluding hydrogens is 384 g/mol. The van der Waals surface area contributed by atoms with Crippen molar-refractivity contribution in [2.24, 2.45) is 0 Å². The minimum Gasteiger partial charge on any atom is -0.493 e. The fourth-order valence-electron chi connectivity index (χ4n) is 3.68. The Morgan fingerprint density at radius 2 is 1.45 bits per heavy atom. The topological polar surface area (TPSA) is 57.4 Å². The third kappa shape index (κ3) is 3.06. The monoisotopic (exact) mass is 402 g/mol. The molecule has 5 rings (SSSR count). The van der Waals surface area contributed by atoms with Gasteiger partial charge in [0.25, 0.3) is 5.22 Å². The predicted octanol–water partition coefficient (Wildman–Crippen LogP) is 5.62. The third-order valence-corrected chi connectivity index (χ3v) is 6.14. The van der Waals surface area contributed by atoms with Gasteiger partial charge in [0.05, 0.1) is 19.5 Å². The number of aromatic nitrogens is 2. The van der Waals surface area contributed by atoms with Crippen molar-refractivity contribution in [1.29, 1.82) is 0 Å². The molecule has 0 saturated heterocycles. The van der Waals surface area contributed by atoms with Crippen molar-refractivity contribution in [3.8, 4) is 34.1 Å². The van der Waals surface area contributed by atoms with Crippen molar-refractivity contribution in [2.75, 3.05) is 14.2 Å². The lowest BCUT2D eigenvalue weighted by atomic mass is 10.1. The van der Waals surface area contributed by atoms with Gasteiger partial charge < -0.3 is 13.9 Å². The molecule has 4 aromatic rings. The van der Waals surface area contributed by atoms with E-state index in [1.165, 1.54) is 22.3 Å². The maximum atomic E-state index is 5.98. The van der Waals surface area contributed by atoms with Crippen molar-refractivity contribution in [1.82, 2.24) is 10.2 Å². The third-order valence-electron chi connectivity index (χ3n) is 5.03. The average molecular weight is 402 g/mol. The van der Waals surface area contributed by atoms with Crippen molar-refractivity contribution in [3.05, 3.63) is 77.9 Å². The molecule has 0 fully saturated rings. The van der Waals surface area contributed by atoms with Crippen LogP contribution in [0.2, 0.25) is 0 Å². The quantitative estimate of drug-likeness (QED) is 0.432. The lowest BCUT2D eigenvalue weighted by molar-refractivity contribution is 0.355. The van der Waals surface area contributed by atoms with Crippen molar-refractivity contribution >= 4 is 11.8 Å². The van der Waals surface area contributed by atoms with Gasteiger partial charge in [0.1, 0.15) is 0 Å². The van der Waals surface area contributed by atoms with Crippen LogP contribution in [-0.2, 0) is 0 Å². The summed E-state index contributed by atoms with van der Waals surface area (Å²) in [6.07, 6.45) is 0.